The van der Waals surface area contributed by atoms with Crippen molar-refractivity contribution in [2.24, 2.45) is 4.99 Å². The van der Waals surface area contributed by atoms with Crippen molar-refractivity contribution in [3.63, 3.8) is 0 Å². The number of rotatable bonds is 4. The Hall–Kier alpha value is -3.39. The maximum absolute atomic E-state index is 5.74. The summed E-state index contributed by atoms with van der Waals surface area (Å²) in [5.41, 5.74) is 5.11. The topological polar surface area (TPSA) is 21.6 Å². The molecule has 4 rings (SSSR count). The molecule has 2 heteroatoms. The number of hydrogen-bond acceptors (Lipinski definition) is 2. The lowest BCUT2D eigenvalue weighted by molar-refractivity contribution is 0.414. The van der Waals surface area contributed by atoms with Gasteiger partial charge in [-0.05, 0) is 35.4 Å². The average molecular weight is 351 g/mol. The van der Waals surface area contributed by atoms with E-state index in [0.29, 0.717) is 0 Å². The van der Waals surface area contributed by atoms with E-state index in [2.05, 4.69) is 61.5 Å². The van der Waals surface area contributed by atoms with Crippen LogP contribution in [0.25, 0.3) is 10.8 Å². The Morgan fingerprint density at radius 3 is 2.22 bits per heavy atom. The Morgan fingerprint density at radius 1 is 0.741 bits per heavy atom. The largest absolute Gasteiger partial charge is 0.496 e. The molecule has 0 fully saturated rings. The first kappa shape index (κ1) is 17.0. The van der Waals surface area contributed by atoms with Crippen LogP contribution in [0.15, 0.2) is 96.0 Å². The van der Waals surface area contributed by atoms with Gasteiger partial charge in [0, 0.05) is 5.56 Å². The zero-order valence-corrected chi connectivity index (χ0v) is 15.5. The Balaban J connectivity index is 2.06. The van der Waals surface area contributed by atoms with Crippen molar-refractivity contribution in [1.29, 1.82) is 0 Å². The van der Waals surface area contributed by atoms with E-state index in [4.69, 9.17) is 9.73 Å². The third kappa shape index (κ3) is 3.34. The van der Waals surface area contributed by atoms with E-state index in [0.717, 1.165) is 39.2 Å². The number of methoxy groups -OCH3 is 1. The lowest BCUT2D eigenvalue weighted by atomic mass is 9.95. The van der Waals surface area contributed by atoms with Crippen LogP contribution in [0, 0.1) is 6.92 Å². The van der Waals surface area contributed by atoms with Gasteiger partial charge in [-0.2, -0.15) is 0 Å². The molecule has 4 aromatic rings. The van der Waals surface area contributed by atoms with Gasteiger partial charge < -0.3 is 4.74 Å². The summed E-state index contributed by atoms with van der Waals surface area (Å²) in [5, 5.41) is 2.30. The predicted octanol–water partition coefficient (Wildman–Crippen LogP) is 6.33. The summed E-state index contributed by atoms with van der Waals surface area (Å²) < 4.78 is 5.74. The molecule has 0 saturated carbocycles. The molecule has 0 bridgehead atoms. The number of hydrogen-bond donors (Lipinski definition) is 0. The lowest BCUT2D eigenvalue weighted by Crippen LogP contribution is -2.06. The molecule has 0 aliphatic heterocycles. The Morgan fingerprint density at radius 2 is 1.44 bits per heavy atom. The van der Waals surface area contributed by atoms with E-state index >= 15 is 0 Å². The van der Waals surface area contributed by atoms with Crippen LogP contribution in [0.5, 0.6) is 5.75 Å². The summed E-state index contributed by atoms with van der Waals surface area (Å²) in [6, 6.07) is 31.0. The highest BCUT2D eigenvalue weighted by atomic mass is 16.5. The minimum Gasteiger partial charge on any atom is -0.496 e. The molecule has 27 heavy (non-hydrogen) atoms. The van der Waals surface area contributed by atoms with Crippen molar-refractivity contribution in [2.45, 2.75) is 6.92 Å². The van der Waals surface area contributed by atoms with Crippen LogP contribution < -0.4 is 4.74 Å². The number of ether oxygens (including phenoxy) is 1. The maximum atomic E-state index is 5.74. The fourth-order valence-corrected chi connectivity index (χ4v) is 3.34. The van der Waals surface area contributed by atoms with Crippen LogP contribution in [0.2, 0.25) is 0 Å². The fourth-order valence-electron chi connectivity index (χ4n) is 3.34. The van der Waals surface area contributed by atoms with Crippen LogP contribution in [0.4, 0.5) is 5.69 Å². The van der Waals surface area contributed by atoms with Crippen molar-refractivity contribution in [1.82, 2.24) is 0 Å². The highest BCUT2D eigenvalue weighted by Gasteiger charge is 2.17. The van der Waals surface area contributed by atoms with Gasteiger partial charge in [-0.25, -0.2) is 4.99 Å². The molecular weight excluding hydrogens is 330 g/mol. The molecule has 0 heterocycles. The monoisotopic (exact) mass is 351 g/mol. The summed E-state index contributed by atoms with van der Waals surface area (Å²) in [5.74, 6) is 0.824. The molecule has 0 aliphatic carbocycles. The summed E-state index contributed by atoms with van der Waals surface area (Å²) in [7, 11) is 1.71. The van der Waals surface area contributed by atoms with Gasteiger partial charge in [-0.1, -0.05) is 78.9 Å². The van der Waals surface area contributed by atoms with Gasteiger partial charge in [-0.3, -0.25) is 0 Å². The van der Waals surface area contributed by atoms with Gasteiger partial charge in [0.25, 0.3) is 0 Å². The van der Waals surface area contributed by atoms with Gasteiger partial charge in [0.2, 0.25) is 0 Å². The molecule has 0 aromatic heterocycles. The molecule has 0 spiro atoms. The van der Waals surface area contributed by atoms with Gasteiger partial charge >= 0.3 is 0 Å². The minimum atomic E-state index is 0.824. The Bertz CT molecular complexity index is 1110. The van der Waals surface area contributed by atoms with Gasteiger partial charge in [-0.15, -0.1) is 0 Å². The van der Waals surface area contributed by atoms with Gasteiger partial charge in [0.1, 0.15) is 5.75 Å². The number of fused-ring (bicyclic) bond motifs is 1. The molecule has 4 aromatic carbocycles. The van der Waals surface area contributed by atoms with Gasteiger partial charge in [0.05, 0.1) is 24.1 Å². The second-order valence-corrected chi connectivity index (χ2v) is 6.48. The smallest absolute Gasteiger partial charge is 0.128 e. The van der Waals surface area contributed by atoms with E-state index in [1.807, 2.05) is 36.4 Å². The van der Waals surface area contributed by atoms with Crippen LogP contribution in [0.3, 0.4) is 0 Å². The summed E-state index contributed by atoms with van der Waals surface area (Å²) >= 11 is 0. The third-order valence-corrected chi connectivity index (χ3v) is 4.74. The molecule has 0 aliphatic rings. The molecule has 0 N–H and O–H groups in total. The average Bonchev–Trinajstić information content (AvgIpc) is 2.73. The number of aryl methyl sites for hydroxylation is 1. The van der Waals surface area contributed by atoms with Crippen LogP contribution in [0.1, 0.15) is 16.7 Å². The zero-order chi connectivity index (χ0) is 18.6. The summed E-state index contributed by atoms with van der Waals surface area (Å²) in [4.78, 5) is 5.09. The van der Waals surface area contributed by atoms with E-state index in [-0.39, 0.29) is 0 Å². The number of benzene rings is 4. The van der Waals surface area contributed by atoms with E-state index in [1.165, 1.54) is 5.39 Å². The van der Waals surface area contributed by atoms with Crippen molar-refractivity contribution >= 4 is 22.2 Å². The maximum Gasteiger partial charge on any atom is 0.128 e. The highest BCUT2D eigenvalue weighted by molar-refractivity contribution is 6.22. The molecule has 2 nitrogen and oxygen atoms in total. The highest BCUT2D eigenvalue weighted by Crippen LogP contribution is 2.32. The van der Waals surface area contributed by atoms with Crippen molar-refractivity contribution < 1.29 is 4.74 Å². The number of nitrogens with zero attached hydrogens (tertiary/aromatic N) is 1. The van der Waals surface area contributed by atoms with Crippen molar-refractivity contribution in [2.75, 3.05) is 7.11 Å². The molecule has 0 amide bonds. The van der Waals surface area contributed by atoms with Gasteiger partial charge in [0.15, 0.2) is 0 Å². The molecule has 0 saturated heterocycles. The normalized spacial score (nSPS) is 11.6. The third-order valence-electron chi connectivity index (χ3n) is 4.74. The second-order valence-electron chi connectivity index (χ2n) is 6.48. The fraction of sp³-hybridized carbons (Fsp3) is 0.0800. The predicted molar refractivity (Wildman–Crippen MR) is 113 cm³/mol. The van der Waals surface area contributed by atoms with E-state index in [9.17, 15) is 0 Å². The SMILES string of the molecule is COc1ccc2ccccc2c1C(=Nc1ccccc1C)c1ccccc1. The second kappa shape index (κ2) is 7.46. The van der Waals surface area contributed by atoms with Crippen molar-refractivity contribution in [3.8, 4) is 5.75 Å². The first-order chi connectivity index (χ1) is 13.3. The number of para-hydroxylation sites is 1. The van der Waals surface area contributed by atoms with E-state index < -0.39 is 0 Å². The molecular formula is C25H21NO. The molecule has 0 unspecified atom stereocenters. The van der Waals surface area contributed by atoms with Crippen LogP contribution >= 0.6 is 0 Å². The lowest BCUT2D eigenvalue weighted by Gasteiger charge is -2.15. The van der Waals surface area contributed by atoms with Crippen molar-refractivity contribution in [3.05, 3.63) is 108 Å². The summed E-state index contributed by atoms with van der Waals surface area (Å²) in [6.45, 7) is 2.09. The van der Waals surface area contributed by atoms with Crippen LogP contribution in [-0.4, -0.2) is 12.8 Å². The zero-order valence-electron chi connectivity index (χ0n) is 15.5. The Kier molecular flexibility index (Phi) is 4.71. The van der Waals surface area contributed by atoms with Crippen LogP contribution in [-0.2, 0) is 0 Å². The van der Waals surface area contributed by atoms with E-state index in [1.54, 1.807) is 7.11 Å². The summed E-state index contributed by atoms with van der Waals surface area (Å²) in [6.07, 6.45) is 0. The minimum absolute atomic E-state index is 0.824. The molecule has 0 atom stereocenters. The standard InChI is InChI=1S/C25H21NO/c1-18-10-6-9-15-22(18)26-25(20-12-4-3-5-13-20)24-21-14-8-7-11-19(21)16-17-23(24)27-2/h3-17H,1-2H3. The number of aliphatic imine (C=N–C) groups is 1. The Labute approximate surface area is 159 Å². The molecule has 132 valence electrons. The molecule has 0 radical (unpaired) electrons. The first-order valence-electron chi connectivity index (χ1n) is 9.04. The quantitative estimate of drug-likeness (QED) is 0.394. The first-order valence-corrected chi connectivity index (χ1v) is 9.04.